The molecular formula is C14H26O2. The van der Waals surface area contributed by atoms with Crippen LogP contribution in [0.25, 0.3) is 0 Å². The predicted molar refractivity (Wildman–Crippen MR) is 68.2 cm³/mol. The smallest absolute Gasteiger partial charge is 0.309 e. The van der Waals surface area contributed by atoms with Crippen molar-refractivity contribution in [1.82, 2.24) is 0 Å². The van der Waals surface area contributed by atoms with Crippen LogP contribution in [-0.4, -0.2) is 11.6 Å². The van der Waals surface area contributed by atoms with Crippen LogP contribution in [0.2, 0.25) is 0 Å². The lowest BCUT2D eigenvalue weighted by Gasteiger charge is -2.30. The molecule has 2 nitrogen and oxygen atoms in total. The van der Waals surface area contributed by atoms with Crippen LogP contribution >= 0.6 is 0 Å². The van der Waals surface area contributed by atoms with E-state index < -0.39 is 0 Å². The molecule has 0 heterocycles. The Balaban J connectivity index is 4.14. The molecule has 0 rings (SSSR count). The maximum Gasteiger partial charge on any atom is 0.309 e. The molecule has 16 heavy (non-hydrogen) atoms. The van der Waals surface area contributed by atoms with E-state index in [1.54, 1.807) is 0 Å². The van der Waals surface area contributed by atoms with Gasteiger partial charge in [-0.15, -0.1) is 0 Å². The molecule has 0 spiro atoms. The zero-order chi connectivity index (χ0) is 12.8. The third-order valence-electron chi connectivity index (χ3n) is 3.16. The van der Waals surface area contributed by atoms with Crippen molar-refractivity contribution < 1.29 is 9.53 Å². The Labute approximate surface area is 100 Å². The highest BCUT2D eigenvalue weighted by molar-refractivity contribution is 5.72. The van der Waals surface area contributed by atoms with Crippen LogP contribution in [0.5, 0.6) is 0 Å². The third-order valence-corrected chi connectivity index (χ3v) is 3.16. The highest BCUT2D eigenvalue weighted by Crippen LogP contribution is 2.22. The Morgan fingerprint density at radius 2 is 1.88 bits per heavy atom. The summed E-state index contributed by atoms with van der Waals surface area (Å²) in [4.78, 5) is 11.8. The second kappa shape index (κ2) is 6.72. The predicted octanol–water partition coefficient (Wildman–Crippen LogP) is 3.96. The van der Waals surface area contributed by atoms with Crippen molar-refractivity contribution >= 4 is 5.97 Å². The topological polar surface area (TPSA) is 26.3 Å². The van der Waals surface area contributed by atoms with E-state index in [4.69, 9.17) is 4.74 Å². The summed E-state index contributed by atoms with van der Waals surface area (Å²) in [5.74, 6) is 0.233. The van der Waals surface area contributed by atoms with Crippen LogP contribution in [0.15, 0.2) is 12.2 Å². The van der Waals surface area contributed by atoms with Gasteiger partial charge in [-0.05, 0) is 39.5 Å². The van der Waals surface area contributed by atoms with E-state index in [9.17, 15) is 4.79 Å². The summed E-state index contributed by atoms with van der Waals surface area (Å²) < 4.78 is 5.53. The van der Waals surface area contributed by atoms with Crippen LogP contribution in [0.3, 0.4) is 0 Å². The summed E-state index contributed by atoms with van der Waals surface area (Å²) in [5, 5.41) is 0. The van der Waals surface area contributed by atoms with E-state index >= 15 is 0 Å². The van der Waals surface area contributed by atoms with Gasteiger partial charge in [-0.1, -0.05) is 32.9 Å². The monoisotopic (exact) mass is 226 g/mol. The highest BCUT2D eigenvalue weighted by Gasteiger charge is 2.28. The van der Waals surface area contributed by atoms with Gasteiger partial charge in [0.15, 0.2) is 0 Å². The van der Waals surface area contributed by atoms with E-state index in [2.05, 4.69) is 19.9 Å². The lowest BCUT2D eigenvalue weighted by atomic mass is 9.94. The molecule has 0 saturated carbocycles. The minimum Gasteiger partial charge on any atom is -0.459 e. The van der Waals surface area contributed by atoms with Crippen molar-refractivity contribution in [2.24, 2.45) is 11.8 Å². The molecule has 2 heteroatoms. The lowest BCUT2D eigenvalue weighted by molar-refractivity contribution is -0.165. The molecule has 0 aromatic heterocycles. The average Bonchev–Trinajstić information content (AvgIpc) is 2.17. The Bertz CT molecular complexity index is 239. The summed E-state index contributed by atoms with van der Waals surface area (Å²) in [5.41, 5.74) is -0.369. The first-order valence-electron chi connectivity index (χ1n) is 6.15. The van der Waals surface area contributed by atoms with Crippen LogP contribution in [0.1, 0.15) is 54.4 Å². The van der Waals surface area contributed by atoms with Crippen LogP contribution in [0.4, 0.5) is 0 Å². The van der Waals surface area contributed by atoms with E-state index in [0.717, 1.165) is 12.8 Å². The van der Waals surface area contributed by atoms with Crippen molar-refractivity contribution in [2.45, 2.75) is 60.0 Å². The quantitative estimate of drug-likeness (QED) is 0.506. The second-order valence-corrected chi connectivity index (χ2v) is 5.23. The molecule has 0 amide bonds. The van der Waals surface area contributed by atoms with E-state index in [1.165, 1.54) is 0 Å². The SMILES string of the molecule is CC=CCCC(C)C(=O)OC(C)(C)C(C)C. The summed E-state index contributed by atoms with van der Waals surface area (Å²) in [6.45, 7) is 12.0. The molecular weight excluding hydrogens is 200 g/mol. The molecule has 0 aromatic rings. The minimum absolute atomic E-state index is 0.0192. The average molecular weight is 226 g/mol. The Kier molecular flexibility index (Phi) is 6.39. The molecule has 0 aromatic carbocycles. The fourth-order valence-electron chi connectivity index (χ4n) is 1.11. The molecule has 0 radical (unpaired) electrons. The Morgan fingerprint density at radius 1 is 1.31 bits per heavy atom. The molecule has 0 aliphatic heterocycles. The number of rotatable bonds is 6. The highest BCUT2D eigenvalue weighted by atomic mass is 16.6. The fourth-order valence-corrected chi connectivity index (χ4v) is 1.11. The summed E-state index contributed by atoms with van der Waals surface area (Å²) in [6, 6.07) is 0. The minimum atomic E-state index is -0.369. The van der Waals surface area contributed by atoms with Gasteiger partial charge in [0.2, 0.25) is 0 Å². The summed E-state index contributed by atoms with van der Waals surface area (Å²) in [6.07, 6.45) is 5.89. The van der Waals surface area contributed by atoms with Crippen molar-refractivity contribution in [3.8, 4) is 0 Å². The number of allylic oxidation sites excluding steroid dienone is 2. The Hall–Kier alpha value is -0.790. The van der Waals surface area contributed by atoms with Gasteiger partial charge in [0, 0.05) is 0 Å². The van der Waals surface area contributed by atoms with Crippen LogP contribution < -0.4 is 0 Å². The zero-order valence-corrected chi connectivity index (χ0v) is 11.5. The van der Waals surface area contributed by atoms with Gasteiger partial charge >= 0.3 is 5.97 Å². The van der Waals surface area contributed by atoms with Crippen LogP contribution in [-0.2, 0) is 9.53 Å². The number of carbonyl (C=O) groups excluding carboxylic acids is 1. The molecule has 0 aliphatic carbocycles. The van der Waals surface area contributed by atoms with E-state index in [-0.39, 0.29) is 17.5 Å². The van der Waals surface area contributed by atoms with E-state index in [1.807, 2.05) is 33.8 Å². The standard InChI is InChI=1S/C14H26O2/c1-7-8-9-10-12(4)13(15)16-14(5,6)11(2)3/h7-8,11-12H,9-10H2,1-6H3. The molecule has 94 valence electrons. The van der Waals surface area contributed by atoms with Gasteiger partial charge in [0.25, 0.3) is 0 Å². The van der Waals surface area contributed by atoms with Gasteiger partial charge in [0.1, 0.15) is 5.60 Å². The van der Waals surface area contributed by atoms with Gasteiger partial charge in [-0.3, -0.25) is 4.79 Å². The number of carbonyl (C=O) groups is 1. The summed E-state index contributed by atoms with van der Waals surface area (Å²) in [7, 11) is 0. The molecule has 1 unspecified atom stereocenters. The molecule has 0 saturated heterocycles. The van der Waals surface area contributed by atoms with Gasteiger partial charge < -0.3 is 4.74 Å². The molecule has 0 N–H and O–H groups in total. The number of hydrogen-bond acceptors (Lipinski definition) is 2. The van der Waals surface area contributed by atoms with Gasteiger partial charge in [-0.25, -0.2) is 0 Å². The maximum atomic E-state index is 11.8. The van der Waals surface area contributed by atoms with E-state index in [0.29, 0.717) is 5.92 Å². The molecule has 0 aliphatic rings. The fraction of sp³-hybridized carbons (Fsp3) is 0.786. The first-order chi connectivity index (χ1) is 7.31. The third kappa shape index (κ3) is 5.34. The molecule has 0 fully saturated rings. The maximum absolute atomic E-state index is 11.8. The van der Waals surface area contributed by atoms with Crippen molar-refractivity contribution in [3.05, 3.63) is 12.2 Å². The largest absolute Gasteiger partial charge is 0.459 e. The number of hydrogen-bond donors (Lipinski definition) is 0. The molecule has 0 bridgehead atoms. The first-order valence-corrected chi connectivity index (χ1v) is 6.15. The van der Waals surface area contributed by atoms with Crippen molar-refractivity contribution in [2.75, 3.05) is 0 Å². The van der Waals surface area contributed by atoms with Crippen molar-refractivity contribution in [3.63, 3.8) is 0 Å². The normalized spacial score (nSPS) is 14.4. The second-order valence-electron chi connectivity index (χ2n) is 5.23. The lowest BCUT2D eigenvalue weighted by Crippen LogP contribution is -2.35. The van der Waals surface area contributed by atoms with Crippen molar-refractivity contribution in [1.29, 1.82) is 0 Å². The zero-order valence-electron chi connectivity index (χ0n) is 11.5. The number of ether oxygens (including phenoxy) is 1. The number of esters is 1. The first kappa shape index (κ1) is 15.2. The summed E-state index contributed by atoms with van der Waals surface area (Å²) >= 11 is 0. The van der Waals surface area contributed by atoms with Crippen LogP contribution in [0, 0.1) is 11.8 Å². The van der Waals surface area contributed by atoms with Gasteiger partial charge in [0.05, 0.1) is 5.92 Å². The Morgan fingerprint density at radius 3 is 2.31 bits per heavy atom. The molecule has 1 atom stereocenters. The van der Waals surface area contributed by atoms with Gasteiger partial charge in [-0.2, -0.15) is 0 Å².